The Morgan fingerprint density at radius 2 is 1.67 bits per heavy atom. The van der Waals surface area contributed by atoms with Gasteiger partial charge in [0, 0.05) is 11.3 Å². The summed E-state index contributed by atoms with van der Waals surface area (Å²) in [5.74, 6) is 0.402. The number of carbonyl (C=O) groups is 1. The van der Waals surface area contributed by atoms with E-state index in [1.165, 1.54) is 10.5 Å². The fraction of sp³-hybridized carbons (Fsp3) is 0.316. The highest BCUT2D eigenvalue weighted by atomic mass is 32.2. The molecule has 0 amide bonds. The van der Waals surface area contributed by atoms with Gasteiger partial charge in [-0.1, -0.05) is 55.5 Å². The Morgan fingerprint density at radius 1 is 1.05 bits per heavy atom. The van der Waals surface area contributed by atoms with E-state index >= 15 is 0 Å². The molecule has 2 aromatic rings. The third kappa shape index (κ3) is 3.21. The molecule has 3 rings (SSSR count). The van der Waals surface area contributed by atoms with Crippen LogP contribution in [0.15, 0.2) is 65.6 Å². The van der Waals surface area contributed by atoms with Crippen LogP contribution in [0.5, 0.6) is 0 Å². The Labute approximate surface area is 130 Å². The molecule has 0 heterocycles. The van der Waals surface area contributed by atoms with Crippen LogP contribution in [0.4, 0.5) is 0 Å². The number of benzene rings is 2. The molecule has 2 atom stereocenters. The van der Waals surface area contributed by atoms with E-state index in [0.29, 0.717) is 5.78 Å². The second-order valence-corrected chi connectivity index (χ2v) is 7.27. The van der Waals surface area contributed by atoms with E-state index in [1.807, 2.05) is 24.3 Å². The highest BCUT2D eigenvalue weighted by Gasteiger charge is 2.49. The molecular formula is C19H20OS. The molecule has 1 aliphatic rings. The van der Waals surface area contributed by atoms with Crippen LogP contribution in [-0.2, 0) is 11.2 Å². The maximum Gasteiger partial charge on any atom is 0.147 e. The standard InChI is InChI=1S/C19H20OS/c1-19(13-12-15-8-4-2-5-9-15)14-17(20)18(19)21-16-10-6-3-7-11-16/h2-11,18H,12-14H2,1H3/t18-,19-/m0/s1. The SMILES string of the molecule is C[C@]1(CCc2ccccc2)CC(=O)[C@@H]1Sc1ccccc1. The predicted octanol–water partition coefficient (Wildman–Crippen LogP) is 4.76. The zero-order chi connectivity index (χ0) is 14.7. The van der Waals surface area contributed by atoms with Crippen LogP contribution in [-0.4, -0.2) is 11.0 Å². The quantitative estimate of drug-likeness (QED) is 0.791. The molecule has 1 aliphatic carbocycles. The summed E-state index contributed by atoms with van der Waals surface area (Å²) in [6, 6.07) is 20.8. The van der Waals surface area contributed by atoms with Crippen molar-refractivity contribution in [2.75, 3.05) is 0 Å². The van der Waals surface area contributed by atoms with Gasteiger partial charge in [0.2, 0.25) is 0 Å². The van der Waals surface area contributed by atoms with Gasteiger partial charge in [-0.3, -0.25) is 4.79 Å². The first-order valence-electron chi connectivity index (χ1n) is 7.46. The topological polar surface area (TPSA) is 17.1 Å². The second-order valence-electron chi connectivity index (χ2n) is 6.09. The van der Waals surface area contributed by atoms with Crippen LogP contribution in [0.1, 0.15) is 25.3 Å². The van der Waals surface area contributed by atoms with Gasteiger partial charge >= 0.3 is 0 Å². The minimum Gasteiger partial charge on any atom is -0.298 e. The number of Topliss-reactive ketones (excluding diaryl/α,β-unsaturated/α-hetero) is 1. The van der Waals surface area contributed by atoms with Crippen LogP contribution in [0.2, 0.25) is 0 Å². The Kier molecular flexibility index (Phi) is 4.16. The summed E-state index contributed by atoms with van der Waals surface area (Å²) < 4.78 is 0. The number of rotatable bonds is 5. The van der Waals surface area contributed by atoms with Crippen molar-refractivity contribution in [3.8, 4) is 0 Å². The molecule has 2 aromatic carbocycles. The molecule has 0 aromatic heterocycles. The van der Waals surface area contributed by atoms with E-state index < -0.39 is 0 Å². The fourth-order valence-corrected chi connectivity index (χ4v) is 4.27. The molecule has 0 radical (unpaired) electrons. The van der Waals surface area contributed by atoms with E-state index in [0.717, 1.165) is 19.3 Å². The highest BCUT2D eigenvalue weighted by Crippen LogP contribution is 2.50. The lowest BCUT2D eigenvalue weighted by Gasteiger charge is -2.45. The summed E-state index contributed by atoms with van der Waals surface area (Å²) in [4.78, 5) is 13.2. The average Bonchev–Trinajstić information content (AvgIpc) is 2.53. The van der Waals surface area contributed by atoms with Crippen LogP contribution >= 0.6 is 11.8 Å². The zero-order valence-corrected chi connectivity index (χ0v) is 13.1. The number of ketones is 1. The molecule has 0 spiro atoms. The summed E-state index contributed by atoms with van der Waals surface area (Å²) in [6.45, 7) is 2.26. The Morgan fingerprint density at radius 3 is 2.29 bits per heavy atom. The van der Waals surface area contributed by atoms with Crippen LogP contribution in [0.25, 0.3) is 0 Å². The van der Waals surface area contributed by atoms with E-state index in [4.69, 9.17) is 0 Å². The van der Waals surface area contributed by atoms with Gasteiger partial charge in [-0.05, 0) is 36.0 Å². The molecule has 2 heteroatoms. The van der Waals surface area contributed by atoms with Gasteiger partial charge in [0.25, 0.3) is 0 Å². The molecule has 1 nitrogen and oxygen atoms in total. The maximum atomic E-state index is 12.0. The second kappa shape index (κ2) is 6.07. The summed E-state index contributed by atoms with van der Waals surface area (Å²) in [5, 5.41) is 0.114. The molecule has 0 N–H and O–H groups in total. The summed E-state index contributed by atoms with van der Waals surface area (Å²) in [7, 11) is 0. The number of thioether (sulfide) groups is 1. The fourth-order valence-electron chi connectivity index (χ4n) is 2.98. The van der Waals surface area contributed by atoms with Gasteiger partial charge in [-0.2, -0.15) is 0 Å². The summed E-state index contributed by atoms with van der Waals surface area (Å²) in [6.07, 6.45) is 2.86. The van der Waals surface area contributed by atoms with Crippen molar-refractivity contribution in [3.05, 3.63) is 66.2 Å². The first-order chi connectivity index (χ1) is 10.2. The van der Waals surface area contributed by atoms with Gasteiger partial charge in [-0.25, -0.2) is 0 Å². The minimum absolute atomic E-state index is 0.114. The van der Waals surface area contributed by atoms with Gasteiger partial charge < -0.3 is 0 Å². The number of carbonyl (C=O) groups excluding carboxylic acids is 1. The number of aryl methyl sites for hydroxylation is 1. The van der Waals surface area contributed by atoms with Gasteiger partial charge in [0.15, 0.2) is 0 Å². The molecule has 1 saturated carbocycles. The van der Waals surface area contributed by atoms with Gasteiger partial charge in [-0.15, -0.1) is 11.8 Å². The largest absolute Gasteiger partial charge is 0.298 e. The third-order valence-electron chi connectivity index (χ3n) is 4.33. The van der Waals surface area contributed by atoms with Crippen molar-refractivity contribution in [2.45, 2.75) is 36.3 Å². The lowest BCUT2D eigenvalue weighted by Crippen LogP contribution is -2.49. The summed E-state index contributed by atoms with van der Waals surface area (Å²) >= 11 is 1.73. The zero-order valence-electron chi connectivity index (χ0n) is 12.3. The normalized spacial score (nSPS) is 24.6. The van der Waals surface area contributed by atoms with Gasteiger partial charge in [0.1, 0.15) is 5.78 Å². The van der Waals surface area contributed by atoms with Crippen molar-refractivity contribution in [1.29, 1.82) is 0 Å². The minimum atomic E-state index is 0.114. The van der Waals surface area contributed by atoms with Crippen molar-refractivity contribution in [2.24, 2.45) is 5.41 Å². The molecule has 0 unspecified atom stereocenters. The molecule has 1 fully saturated rings. The van der Waals surface area contributed by atoms with E-state index in [9.17, 15) is 4.79 Å². The maximum absolute atomic E-state index is 12.0. The monoisotopic (exact) mass is 296 g/mol. The lowest BCUT2D eigenvalue weighted by molar-refractivity contribution is -0.130. The van der Waals surface area contributed by atoms with Gasteiger partial charge in [0.05, 0.1) is 5.25 Å². The van der Waals surface area contributed by atoms with Crippen molar-refractivity contribution < 1.29 is 4.79 Å². The smallest absolute Gasteiger partial charge is 0.147 e. The van der Waals surface area contributed by atoms with Crippen molar-refractivity contribution in [1.82, 2.24) is 0 Å². The average molecular weight is 296 g/mol. The Balaban J connectivity index is 1.65. The van der Waals surface area contributed by atoms with Crippen molar-refractivity contribution in [3.63, 3.8) is 0 Å². The van der Waals surface area contributed by atoms with Crippen LogP contribution in [0, 0.1) is 5.41 Å². The first-order valence-corrected chi connectivity index (χ1v) is 8.34. The third-order valence-corrected chi connectivity index (χ3v) is 5.94. The molecular weight excluding hydrogens is 276 g/mol. The molecule has 0 bridgehead atoms. The first kappa shape index (κ1) is 14.4. The number of hydrogen-bond acceptors (Lipinski definition) is 2. The van der Waals surface area contributed by atoms with Crippen LogP contribution < -0.4 is 0 Å². The van der Waals surface area contributed by atoms with E-state index in [-0.39, 0.29) is 10.7 Å². The van der Waals surface area contributed by atoms with Crippen molar-refractivity contribution >= 4 is 17.5 Å². The molecule has 108 valence electrons. The number of hydrogen-bond donors (Lipinski definition) is 0. The highest BCUT2D eigenvalue weighted by molar-refractivity contribution is 8.00. The Bertz CT molecular complexity index is 608. The van der Waals surface area contributed by atoms with E-state index in [2.05, 4.69) is 43.3 Å². The molecule has 21 heavy (non-hydrogen) atoms. The lowest BCUT2D eigenvalue weighted by atomic mass is 9.66. The predicted molar refractivity (Wildman–Crippen MR) is 88.6 cm³/mol. The van der Waals surface area contributed by atoms with E-state index in [1.54, 1.807) is 11.8 Å². The Hall–Kier alpha value is -1.54. The van der Waals surface area contributed by atoms with Crippen LogP contribution in [0.3, 0.4) is 0 Å². The molecule has 0 aliphatic heterocycles. The summed E-state index contributed by atoms with van der Waals surface area (Å²) in [5.41, 5.74) is 1.49. The molecule has 0 saturated heterocycles.